The van der Waals surface area contributed by atoms with Crippen molar-refractivity contribution in [3.63, 3.8) is 0 Å². The zero-order chi connectivity index (χ0) is 15.6. The summed E-state index contributed by atoms with van der Waals surface area (Å²) in [5.74, 6) is -0.0640. The van der Waals surface area contributed by atoms with Crippen molar-refractivity contribution in [3.05, 3.63) is 35.4 Å². The van der Waals surface area contributed by atoms with E-state index in [-0.39, 0.29) is 11.9 Å². The zero-order valence-corrected chi connectivity index (χ0v) is 12.1. The highest BCUT2D eigenvalue weighted by molar-refractivity contribution is 5.84. The molecule has 3 nitrogen and oxygen atoms in total. The van der Waals surface area contributed by atoms with Crippen LogP contribution >= 0.6 is 0 Å². The molecular formula is C15H19F3N2O. The molecule has 1 fully saturated rings. The Hall–Kier alpha value is -1.56. The second-order valence-corrected chi connectivity index (χ2v) is 5.30. The van der Waals surface area contributed by atoms with E-state index in [1.807, 2.05) is 6.92 Å². The molecule has 6 heteroatoms. The summed E-state index contributed by atoms with van der Waals surface area (Å²) in [5, 5.41) is 3.07. The molecule has 1 amide bonds. The number of halogens is 3. The number of hydrogen-bond donors (Lipinski definition) is 1. The topological polar surface area (TPSA) is 32.3 Å². The van der Waals surface area contributed by atoms with Crippen LogP contribution in [0.5, 0.6) is 0 Å². The molecule has 1 aliphatic rings. The van der Waals surface area contributed by atoms with E-state index in [0.29, 0.717) is 12.1 Å². The number of benzene rings is 1. The molecule has 0 aromatic heterocycles. The highest BCUT2D eigenvalue weighted by atomic mass is 19.4. The van der Waals surface area contributed by atoms with Gasteiger partial charge < -0.3 is 4.90 Å². The van der Waals surface area contributed by atoms with Gasteiger partial charge in [-0.25, -0.2) is 0 Å². The Morgan fingerprint density at radius 3 is 2.67 bits per heavy atom. The van der Waals surface area contributed by atoms with E-state index in [1.54, 1.807) is 17.9 Å². The van der Waals surface area contributed by atoms with Gasteiger partial charge in [0, 0.05) is 6.54 Å². The van der Waals surface area contributed by atoms with Crippen molar-refractivity contribution in [1.82, 2.24) is 10.2 Å². The molecule has 2 rings (SSSR count). The summed E-state index contributed by atoms with van der Waals surface area (Å²) >= 11 is 0. The van der Waals surface area contributed by atoms with Gasteiger partial charge in [-0.2, -0.15) is 13.2 Å². The predicted octanol–water partition coefficient (Wildman–Crippen LogP) is 3.32. The Morgan fingerprint density at radius 1 is 1.33 bits per heavy atom. The third-order valence-electron chi connectivity index (χ3n) is 3.66. The van der Waals surface area contributed by atoms with Crippen molar-refractivity contribution in [3.8, 4) is 0 Å². The van der Waals surface area contributed by atoms with Crippen molar-refractivity contribution in [1.29, 1.82) is 0 Å². The number of alkyl halides is 3. The monoisotopic (exact) mass is 300 g/mol. The molecule has 116 valence electrons. The third-order valence-corrected chi connectivity index (χ3v) is 3.66. The number of rotatable bonds is 4. The maximum absolute atomic E-state index is 12.8. The fourth-order valence-corrected chi connectivity index (χ4v) is 2.50. The Kier molecular flexibility index (Phi) is 4.56. The fourth-order valence-electron chi connectivity index (χ4n) is 2.50. The van der Waals surface area contributed by atoms with Crippen LogP contribution in [0.4, 0.5) is 13.2 Å². The van der Waals surface area contributed by atoms with Crippen LogP contribution in [0.15, 0.2) is 24.3 Å². The molecule has 0 saturated carbocycles. The van der Waals surface area contributed by atoms with E-state index in [9.17, 15) is 18.0 Å². The lowest BCUT2D eigenvalue weighted by Gasteiger charge is -2.25. The van der Waals surface area contributed by atoms with Gasteiger partial charge in [-0.3, -0.25) is 10.1 Å². The molecule has 0 aliphatic carbocycles. The van der Waals surface area contributed by atoms with Crippen LogP contribution in [0.2, 0.25) is 0 Å². The summed E-state index contributed by atoms with van der Waals surface area (Å²) in [4.78, 5) is 13.7. The van der Waals surface area contributed by atoms with Gasteiger partial charge in [0.15, 0.2) is 0 Å². The Labute approximate surface area is 122 Å². The van der Waals surface area contributed by atoms with E-state index in [2.05, 4.69) is 5.32 Å². The summed E-state index contributed by atoms with van der Waals surface area (Å²) in [6.45, 7) is 4.29. The molecule has 2 atom stereocenters. The predicted molar refractivity (Wildman–Crippen MR) is 73.4 cm³/mol. The van der Waals surface area contributed by atoms with Gasteiger partial charge in [-0.05, 0) is 31.0 Å². The number of amides is 1. The van der Waals surface area contributed by atoms with Crippen molar-refractivity contribution < 1.29 is 18.0 Å². The van der Waals surface area contributed by atoms with Gasteiger partial charge in [0.25, 0.3) is 0 Å². The van der Waals surface area contributed by atoms with Gasteiger partial charge in [0.05, 0.1) is 11.6 Å². The molecule has 1 heterocycles. The van der Waals surface area contributed by atoms with Crippen molar-refractivity contribution in [2.24, 2.45) is 0 Å². The molecule has 1 aliphatic heterocycles. The average Bonchev–Trinajstić information content (AvgIpc) is 2.72. The summed E-state index contributed by atoms with van der Waals surface area (Å²) in [6, 6.07) is 4.78. The molecule has 0 spiro atoms. The van der Waals surface area contributed by atoms with Crippen molar-refractivity contribution in [2.45, 2.75) is 45.1 Å². The number of carbonyl (C=O) groups excluding carboxylic acids is 1. The Bertz CT molecular complexity index is 516. The molecule has 21 heavy (non-hydrogen) atoms. The quantitative estimate of drug-likeness (QED) is 0.925. The summed E-state index contributed by atoms with van der Waals surface area (Å²) in [7, 11) is 0. The first kappa shape index (κ1) is 15.8. The number of nitrogens with zero attached hydrogens (tertiary/aromatic N) is 1. The molecule has 1 saturated heterocycles. The average molecular weight is 300 g/mol. The molecule has 1 aromatic carbocycles. The van der Waals surface area contributed by atoms with Crippen LogP contribution < -0.4 is 5.32 Å². The molecule has 0 radical (unpaired) electrons. The fraction of sp³-hybridized carbons (Fsp3) is 0.533. The number of carbonyl (C=O) groups is 1. The molecular weight excluding hydrogens is 281 g/mol. The van der Waals surface area contributed by atoms with Gasteiger partial charge in [0.1, 0.15) is 6.17 Å². The minimum Gasteiger partial charge on any atom is -0.322 e. The van der Waals surface area contributed by atoms with Gasteiger partial charge >= 0.3 is 6.18 Å². The smallest absolute Gasteiger partial charge is 0.322 e. The first-order valence-electron chi connectivity index (χ1n) is 7.08. The normalized spacial score (nSPS) is 22.9. The van der Waals surface area contributed by atoms with Crippen LogP contribution in [0, 0.1) is 0 Å². The van der Waals surface area contributed by atoms with E-state index >= 15 is 0 Å². The first-order chi connectivity index (χ1) is 9.84. The molecule has 1 aromatic rings. The number of unbranched alkanes of at least 4 members (excludes halogenated alkanes) is 1. The van der Waals surface area contributed by atoms with E-state index in [0.717, 1.165) is 25.0 Å². The lowest BCUT2D eigenvalue weighted by Crippen LogP contribution is -2.31. The largest absolute Gasteiger partial charge is 0.416 e. The minimum atomic E-state index is -4.38. The third kappa shape index (κ3) is 3.37. The van der Waals surface area contributed by atoms with Gasteiger partial charge in [-0.1, -0.05) is 25.5 Å². The molecule has 2 unspecified atom stereocenters. The second-order valence-electron chi connectivity index (χ2n) is 5.30. The SMILES string of the molecule is CCCCN1C(=O)C(C)NC1c1cccc(C(F)(F)F)c1. The van der Waals surface area contributed by atoms with E-state index in [4.69, 9.17) is 0 Å². The number of nitrogens with one attached hydrogen (secondary N) is 1. The van der Waals surface area contributed by atoms with E-state index in [1.165, 1.54) is 6.07 Å². The van der Waals surface area contributed by atoms with Crippen LogP contribution in [0.1, 0.15) is 44.0 Å². The molecule has 1 N–H and O–H groups in total. The van der Waals surface area contributed by atoms with Crippen LogP contribution in [-0.4, -0.2) is 23.4 Å². The molecule has 0 bridgehead atoms. The first-order valence-corrected chi connectivity index (χ1v) is 7.08. The lowest BCUT2D eigenvalue weighted by molar-refractivity contribution is -0.137. The van der Waals surface area contributed by atoms with E-state index < -0.39 is 17.9 Å². The summed E-state index contributed by atoms with van der Waals surface area (Å²) < 4.78 is 38.4. The number of hydrogen-bond acceptors (Lipinski definition) is 2. The maximum Gasteiger partial charge on any atom is 0.416 e. The standard InChI is InChI=1S/C15H19F3N2O/c1-3-4-8-20-13(19-10(2)14(20)21)11-6-5-7-12(9-11)15(16,17)18/h5-7,9-10,13,19H,3-4,8H2,1-2H3. The summed E-state index contributed by atoms with van der Waals surface area (Å²) in [5.41, 5.74) is -0.220. The highest BCUT2D eigenvalue weighted by Crippen LogP contribution is 2.33. The second kappa shape index (κ2) is 6.05. The maximum atomic E-state index is 12.8. The van der Waals surface area contributed by atoms with Crippen molar-refractivity contribution in [2.75, 3.05) is 6.54 Å². The van der Waals surface area contributed by atoms with Gasteiger partial charge in [0.2, 0.25) is 5.91 Å². The Morgan fingerprint density at radius 2 is 2.05 bits per heavy atom. The Balaban J connectivity index is 2.29. The van der Waals surface area contributed by atoms with Gasteiger partial charge in [-0.15, -0.1) is 0 Å². The van der Waals surface area contributed by atoms with Crippen LogP contribution in [0.25, 0.3) is 0 Å². The minimum absolute atomic E-state index is 0.0640. The zero-order valence-electron chi connectivity index (χ0n) is 12.1. The summed E-state index contributed by atoms with van der Waals surface area (Å²) in [6.07, 6.45) is -3.11. The van der Waals surface area contributed by atoms with Crippen LogP contribution in [0.3, 0.4) is 0 Å². The van der Waals surface area contributed by atoms with Crippen LogP contribution in [-0.2, 0) is 11.0 Å². The van der Waals surface area contributed by atoms with Crippen molar-refractivity contribution >= 4 is 5.91 Å². The lowest BCUT2D eigenvalue weighted by atomic mass is 10.1. The highest BCUT2D eigenvalue weighted by Gasteiger charge is 2.38.